The van der Waals surface area contributed by atoms with Gasteiger partial charge in [0.05, 0.1) is 18.6 Å². The molecule has 2 fully saturated rings. The van der Waals surface area contributed by atoms with Gasteiger partial charge in [-0.25, -0.2) is 17.9 Å². The molecule has 0 bridgehead atoms. The first-order valence-electron chi connectivity index (χ1n) is 10.2. The summed E-state index contributed by atoms with van der Waals surface area (Å²) in [6.07, 6.45) is 6.30. The van der Waals surface area contributed by atoms with Crippen molar-refractivity contribution in [3.05, 3.63) is 17.9 Å². The van der Waals surface area contributed by atoms with Crippen LogP contribution in [0.4, 0.5) is 4.79 Å². The van der Waals surface area contributed by atoms with Crippen LogP contribution in [0.15, 0.2) is 16.7 Å². The average molecular weight is 428 g/mol. The van der Waals surface area contributed by atoms with E-state index in [0.717, 1.165) is 5.56 Å². The fourth-order valence-electron chi connectivity index (χ4n) is 3.17. The number of rotatable bonds is 13. The lowest BCUT2D eigenvalue weighted by molar-refractivity contribution is -0.118. The van der Waals surface area contributed by atoms with Crippen LogP contribution in [0.3, 0.4) is 0 Å². The molecule has 0 unspecified atom stereocenters. The number of ether oxygens (including phenoxy) is 1. The molecule has 1 aromatic rings. The zero-order valence-electron chi connectivity index (χ0n) is 16.7. The Balaban J connectivity index is 1.39. The van der Waals surface area contributed by atoms with Crippen molar-refractivity contribution in [3.8, 4) is 5.95 Å². The lowest BCUT2D eigenvalue weighted by Gasteiger charge is -2.16. The Morgan fingerprint density at radius 3 is 2.76 bits per heavy atom. The Morgan fingerprint density at radius 1 is 1.31 bits per heavy atom. The molecule has 162 valence electrons. The summed E-state index contributed by atoms with van der Waals surface area (Å²) in [6.45, 7) is 3.07. The zero-order chi connectivity index (χ0) is 20.9. The number of imide groups is 1. The predicted octanol–water partition coefficient (Wildman–Crippen LogP) is 2.16. The third kappa shape index (κ3) is 6.74. The number of nitrogens with one attached hydrogen (secondary N) is 2. The van der Waals surface area contributed by atoms with Gasteiger partial charge in [-0.05, 0) is 38.0 Å². The molecule has 2 heterocycles. The summed E-state index contributed by atoms with van der Waals surface area (Å²) >= 11 is 0. The summed E-state index contributed by atoms with van der Waals surface area (Å²) in [7, 11) is -3.45. The fraction of sp³-hybridized carbons (Fsp3) is 0.684. The number of amides is 3. The number of nitrogens with zero attached hydrogens (tertiary/aromatic N) is 1. The quantitative estimate of drug-likeness (QED) is 0.368. The molecule has 1 aliphatic carbocycles. The monoisotopic (exact) mass is 427 g/mol. The van der Waals surface area contributed by atoms with E-state index in [9.17, 15) is 18.0 Å². The van der Waals surface area contributed by atoms with Gasteiger partial charge in [0.1, 0.15) is 6.54 Å². The molecule has 1 saturated heterocycles. The van der Waals surface area contributed by atoms with E-state index >= 15 is 0 Å². The number of sulfonamides is 1. The summed E-state index contributed by atoms with van der Waals surface area (Å²) in [4.78, 5) is 24.0. The van der Waals surface area contributed by atoms with Crippen LogP contribution in [0.1, 0.15) is 57.1 Å². The second-order valence-electron chi connectivity index (χ2n) is 7.69. The molecule has 0 spiro atoms. The molecule has 1 saturated carbocycles. The van der Waals surface area contributed by atoms with Crippen molar-refractivity contribution in [2.24, 2.45) is 5.92 Å². The predicted molar refractivity (Wildman–Crippen MR) is 106 cm³/mol. The number of hydrogen-bond donors (Lipinski definition) is 2. The first kappa shape index (κ1) is 21.6. The lowest BCUT2D eigenvalue weighted by Crippen LogP contribution is -2.30. The minimum absolute atomic E-state index is 0.0114. The first-order chi connectivity index (χ1) is 13.9. The van der Waals surface area contributed by atoms with Crippen molar-refractivity contribution in [1.82, 2.24) is 14.9 Å². The Hall–Kier alpha value is -2.07. The highest BCUT2D eigenvalue weighted by atomic mass is 32.2. The standard InChI is InChI=1S/C19H29N3O6S/c1-2-16(15-10-18(28-13-15)27-12-14-6-7-14)21-29(25,26)9-5-3-4-8-22-11-17(23)20-19(22)24/h10,13-14,16,21H,2-9,11-12H2,1H3,(H,20,23,24)/t16-/m1/s1. The van der Waals surface area contributed by atoms with Crippen LogP contribution < -0.4 is 14.8 Å². The van der Waals surface area contributed by atoms with Crippen molar-refractivity contribution in [3.63, 3.8) is 0 Å². The van der Waals surface area contributed by atoms with E-state index in [2.05, 4.69) is 10.0 Å². The maximum atomic E-state index is 12.4. The smallest absolute Gasteiger partial charge is 0.324 e. The van der Waals surface area contributed by atoms with Gasteiger partial charge in [0.15, 0.2) is 0 Å². The van der Waals surface area contributed by atoms with Crippen molar-refractivity contribution >= 4 is 22.0 Å². The van der Waals surface area contributed by atoms with Crippen LogP contribution in [0.25, 0.3) is 0 Å². The van der Waals surface area contributed by atoms with Crippen LogP contribution in [-0.2, 0) is 14.8 Å². The van der Waals surface area contributed by atoms with Crippen molar-refractivity contribution in [2.75, 3.05) is 25.4 Å². The Kier molecular flexibility index (Phi) is 7.18. The molecule has 10 heteroatoms. The van der Waals surface area contributed by atoms with E-state index in [1.165, 1.54) is 17.7 Å². The van der Waals surface area contributed by atoms with Gasteiger partial charge in [-0.1, -0.05) is 13.3 Å². The van der Waals surface area contributed by atoms with Gasteiger partial charge in [0, 0.05) is 24.2 Å². The zero-order valence-corrected chi connectivity index (χ0v) is 17.5. The molecule has 0 aromatic carbocycles. The van der Waals surface area contributed by atoms with Crippen molar-refractivity contribution in [1.29, 1.82) is 0 Å². The normalized spacial score (nSPS) is 18.2. The molecule has 2 aliphatic rings. The molecule has 3 amide bonds. The van der Waals surface area contributed by atoms with Crippen molar-refractivity contribution in [2.45, 2.75) is 51.5 Å². The number of urea groups is 1. The number of carbonyl (C=O) groups excluding carboxylic acids is 2. The maximum absolute atomic E-state index is 12.4. The Labute approximate surface area is 171 Å². The molecule has 3 rings (SSSR count). The molecule has 9 nitrogen and oxygen atoms in total. The second-order valence-corrected chi connectivity index (χ2v) is 9.56. The van der Waals surface area contributed by atoms with Gasteiger partial charge >= 0.3 is 6.03 Å². The third-order valence-electron chi connectivity index (χ3n) is 5.10. The Bertz CT molecular complexity index is 818. The van der Waals surface area contributed by atoms with E-state index in [-0.39, 0.29) is 30.3 Å². The second kappa shape index (κ2) is 9.62. The van der Waals surface area contributed by atoms with Gasteiger partial charge in [-0.3, -0.25) is 10.1 Å². The molecule has 1 atom stereocenters. The highest BCUT2D eigenvalue weighted by Gasteiger charge is 2.26. The Morgan fingerprint density at radius 2 is 2.10 bits per heavy atom. The molecule has 2 N–H and O–H groups in total. The van der Waals surface area contributed by atoms with E-state index in [0.29, 0.717) is 50.7 Å². The highest BCUT2D eigenvalue weighted by Crippen LogP contribution is 2.31. The maximum Gasteiger partial charge on any atom is 0.324 e. The topological polar surface area (TPSA) is 118 Å². The van der Waals surface area contributed by atoms with E-state index in [1.807, 2.05) is 6.92 Å². The largest absolute Gasteiger partial charge is 0.465 e. The molecule has 0 radical (unpaired) electrons. The minimum Gasteiger partial charge on any atom is -0.465 e. The van der Waals surface area contributed by atoms with Crippen LogP contribution >= 0.6 is 0 Å². The number of unbranched alkanes of at least 4 members (excludes halogenated alkanes) is 2. The fourth-order valence-corrected chi connectivity index (χ4v) is 4.61. The van der Waals surface area contributed by atoms with Gasteiger partial charge in [0.2, 0.25) is 15.9 Å². The van der Waals surface area contributed by atoms with E-state index in [1.54, 1.807) is 12.3 Å². The summed E-state index contributed by atoms with van der Waals surface area (Å²) in [5.41, 5.74) is 0.756. The summed E-state index contributed by atoms with van der Waals surface area (Å²) in [5.74, 6) is 0.753. The van der Waals surface area contributed by atoms with E-state index < -0.39 is 10.0 Å². The first-order valence-corrected chi connectivity index (χ1v) is 11.8. The molecular formula is C19H29N3O6S. The van der Waals surface area contributed by atoms with Gasteiger partial charge in [0.25, 0.3) is 5.95 Å². The highest BCUT2D eigenvalue weighted by molar-refractivity contribution is 7.89. The number of furan rings is 1. The van der Waals surface area contributed by atoms with Gasteiger partial charge in [-0.2, -0.15) is 0 Å². The summed E-state index contributed by atoms with van der Waals surface area (Å²) in [6, 6.07) is 1.01. The number of hydrogen-bond acceptors (Lipinski definition) is 6. The summed E-state index contributed by atoms with van der Waals surface area (Å²) < 4.78 is 38.6. The average Bonchev–Trinajstić information content (AvgIpc) is 3.29. The van der Waals surface area contributed by atoms with Crippen LogP contribution in [0.5, 0.6) is 5.95 Å². The van der Waals surface area contributed by atoms with Gasteiger partial charge in [-0.15, -0.1) is 0 Å². The lowest BCUT2D eigenvalue weighted by atomic mass is 10.1. The molecular weight excluding hydrogens is 398 g/mol. The summed E-state index contributed by atoms with van der Waals surface area (Å²) in [5, 5.41) is 2.22. The van der Waals surface area contributed by atoms with Gasteiger partial charge < -0.3 is 14.1 Å². The molecule has 1 aliphatic heterocycles. The molecule has 29 heavy (non-hydrogen) atoms. The third-order valence-corrected chi connectivity index (χ3v) is 6.57. The van der Waals surface area contributed by atoms with Crippen LogP contribution in [-0.4, -0.2) is 50.7 Å². The molecule has 1 aromatic heterocycles. The van der Waals surface area contributed by atoms with Crippen molar-refractivity contribution < 1.29 is 27.2 Å². The van der Waals surface area contributed by atoms with E-state index in [4.69, 9.17) is 9.15 Å². The SMILES string of the molecule is CC[C@@H](NS(=O)(=O)CCCCCN1CC(=O)NC1=O)c1coc(OCC2CC2)c1. The van der Waals surface area contributed by atoms with Crippen LogP contribution in [0, 0.1) is 5.92 Å². The van der Waals surface area contributed by atoms with Crippen LogP contribution in [0.2, 0.25) is 0 Å². The number of carbonyl (C=O) groups is 2. The minimum atomic E-state index is -3.45.